The second kappa shape index (κ2) is 9.24. The highest BCUT2D eigenvalue weighted by Crippen LogP contribution is 2.42. The first-order chi connectivity index (χ1) is 17.0. The lowest BCUT2D eigenvalue weighted by molar-refractivity contribution is -0.136. The van der Waals surface area contributed by atoms with Crippen molar-refractivity contribution in [1.29, 1.82) is 0 Å². The maximum absolute atomic E-state index is 13.2. The number of piperidine rings is 1. The summed E-state index contributed by atoms with van der Waals surface area (Å²) in [5.74, 6) is 1.05. The van der Waals surface area contributed by atoms with Gasteiger partial charge in [-0.1, -0.05) is 30.3 Å². The summed E-state index contributed by atoms with van der Waals surface area (Å²) >= 11 is 0. The number of amides is 3. The zero-order valence-corrected chi connectivity index (χ0v) is 20.2. The largest absolute Gasteiger partial charge is 0.336 e. The quantitative estimate of drug-likeness (QED) is 0.634. The van der Waals surface area contributed by atoms with Gasteiger partial charge in [-0.2, -0.15) is 0 Å². The number of benzene rings is 1. The van der Waals surface area contributed by atoms with Crippen LogP contribution in [0.1, 0.15) is 48.5 Å². The fourth-order valence-corrected chi connectivity index (χ4v) is 6.63. The monoisotopic (exact) mass is 474 g/mol. The molecule has 4 aliphatic rings. The lowest BCUT2D eigenvalue weighted by atomic mass is 9.71. The lowest BCUT2D eigenvalue weighted by Gasteiger charge is -2.49. The molecule has 184 valence electrons. The second-order valence-electron chi connectivity index (χ2n) is 10.7. The van der Waals surface area contributed by atoms with E-state index in [1.54, 1.807) is 0 Å². The predicted octanol–water partition coefficient (Wildman–Crippen LogP) is 2.52. The van der Waals surface area contributed by atoms with Gasteiger partial charge >= 0.3 is 6.03 Å². The molecule has 1 aliphatic carbocycles. The Morgan fingerprint density at radius 2 is 1.89 bits per heavy atom. The number of carbonyl (C=O) groups excluding carboxylic acids is 2. The number of urea groups is 1. The molecule has 1 saturated carbocycles. The molecular weight excluding hydrogens is 440 g/mol. The summed E-state index contributed by atoms with van der Waals surface area (Å²) in [5, 5.41) is 3.32. The third-order valence-electron chi connectivity index (χ3n) is 8.43. The van der Waals surface area contributed by atoms with Gasteiger partial charge in [-0.3, -0.25) is 15.2 Å². The number of rotatable bonds is 4. The van der Waals surface area contributed by atoms with E-state index in [1.165, 1.54) is 5.56 Å². The van der Waals surface area contributed by atoms with Crippen molar-refractivity contribution in [3.8, 4) is 0 Å². The predicted molar refractivity (Wildman–Crippen MR) is 132 cm³/mol. The Morgan fingerprint density at radius 3 is 2.71 bits per heavy atom. The van der Waals surface area contributed by atoms with Crippen molar-refractivity contribution in [2.24, 2.45) is 11.8 Å². The summed E-state index contributed by atoms with van der Waals surface area (Å²) in [6.07, 6.45) is 5.11. The van der Waals surface area contributed by atoms with Crippen molar-refractivity contribution in [1.82, 2.24) is 31.0 Å². The van der Waals surface area contributed by atoms with Crippen molar-refractivity contribution in [2.75, 3.05) is 13.1 Å². The van der Waals surface area contributed by atoms with Crippen molar-refractivity contribution in [2.45, 2.75) is 63.3 Å². The van der Waals surface area contributed by atoms with Crippen LogP contribution in [-0.2, 0) is 11.3 Å². The molecule has 35 heavy (non-hydrogen) atoms. The molecule has 3 amide bonds. The number of aryl methyl sites for hydroxylation is 1. The highest BCUT2D eigenvalue weighted by atomic mass is 16.2. The first-order valence-electron chi connectivity index (χ1n) is 12.9. The van der Waals surface area contributed by atoms with E-state index in [0.29, 0.717) is 37.4 Å². The first-order valence-corrected chi connectivity index (χ1v) is 12.9. The molecule has 1 aromatic heterocycles. The van der Waals surface area contributed by atoms with Gasteiger partial charge in [0.15, 0.2) is 0 Å². The summed E-state index contributed by atoms with van der Waals surface area (Å²) < 4.78 is 0. The van der Waals surface area contributed by atoms with Gasteiger partial charge in [-0.15, -0.1) is 0 Å². The Kier molecular flexibility index (Phi) is 5.94. The Balaban J connectivity index is 1.15. The zero-order valence-electron chi connectivity index (χ0n) is 20.2. The lowest BCUT2D eigenvalue weighted by Crippen LogP contribution is -2.64. The Hall–Kier alpha value is -2.97. The molecular formula is C27H34N6O2. The van der Waals surface area contributed by atoms with Crippen LogP contribution < -0.4 is 16.2 Å². The third-order valence-corrected chi connectivity index (χ3v) is 8.43. The molecule has 3 saturated heterocycles. The fraction of sp³-hybridized carbons (Fsp3) is 0.519. The second-order valence-corrected chi connectivity index (χ2v) is 10.7. The van der Waals surface area contributed by atoms with Crippen molar-refractivity contribution in [3.05, 3.63) is 65.5 Å². The smallest absolute Gasteiger partial charge is 0.317 e. The number of aromatic nitrogens is 1. The van der Waals surface area contributed by atoms with Crippen LogP contribution in [0, 0.1) is 18.8 Å². The van der Waals surface area contributed by atoms with Gasteiger partial charge in [-0.25, -0.2) is 10.2 Å². The molecule has 1 aromatic carbocycles. The number of pyridine rings is 1. The summed E-state index contributed by atoms with van der Waals surface area (Å²) in [4.78, 5) is 34.1. The number of hydrogen-bond donors (Lipinski definition) is 3. The van der Waals surface area contributed by atoms with E-state index < -0.39 is 0 Å². The van der Waals surface area contributed by atoms with E-state index >= 15 is 0 Å². The summed E-state index contributed by atoms with van der Waals surface area (Å²) in [6, 6.07) is 15.3. The Bertz CT molecular complexity index is 1090. The molecule has 3 aliphatic heterocycles. The Morgan fingerprint density at radius 1 is 1.03 bits per heavy atom. The molecule has 6 atom stereocenters. The normalized spacial score (nSPS) is 32.7. The van der Waals surface area contributed by atoms with Crippen LogP contribution in [0.5, 0.6) is 0 Å². The summed E-state index contributed by atoms with van der Waals surface area (Å²) in [7, 11) is 0. The third kappa shape index (κ3) is 4.41. The van der Waals surface area contributed by atoms with Gasteiger partial charge in [0.05, 0.1) is 12.1 Å². The molecule has 0 spiro atoms. The van der Waals surface area contributed by atoms with Gasteiger partial charge < -0.3 is 15.1 Å². The van der Waals surface area contributed by atoms with E-state index in [1.807, 2.05) is 41.1 Å². The number of nitrogens with zero attached hydrogens (tertiary/aromatic N) is 3. The maximum Gasteiger partial charge on any atom is 0.317 e. The van der Waals surface area contributed by atoms with Crippen LogP contribution in [0.25, 0.3) is 0 Å². The fourth-order valence-electron chi connectivity index (χ4n) is 6.63. The SMILES string of the molecule is Cc1cc(C2NNC3CC4NC(=O)N(C5CCC(=O)N(Cc6ccccc6)C5)CC4CC32)ccn1. The average Bonchev–Trinajstić information content (AvgIpc) is 3.27. The standard InChI is InChI=1S/C27H34N6O2/c1-17-11-19(9-10-28-17)26-22-12-20-15-33(27(35)29-23(20)13-24(22)30-31-26)21-7-8-25(34)32(16-21)14-18-5-3-2-4-6-18/h2-6,9-11,20-24,26,30-31H,7-8,12-16H2,1H3,(H,29,35). The van der Waals surface area contributed by atoms with Crippen LogP contribution in [0.3, 0.4) is 0 Å². The van der Waals surface area contributed by atoms with Gasteiger partial charge in [-0.05, 0) is 61.3 Å². The molecule has 0 radical (unpaired) electrons. The van der Waals surface area contributed by atoms with E-state index in [9.17, 15) is 9.59 Å². The van der Waals surface area contributed by atoms with Gasteiger partial charge in [0.2, 0.25) is 5.91 Å². The molecule has 0 bridgehead atoms. The summed E-state index contributed by atoms with van der Waals surface area (Å²) in [5.41, 5.74) is 10.5. The number of likely N-dealkylation sites (tertiary alicyclic amines) is 1. The van der Waals surface area contributed by atoms with Gasteiger partial charge in [0.1, 0.15) is 0 Å². The number of nitrogens with one attached hydrogen (secondary N) is 3. The molecule has 4 heterocycles. The zero-order chi connectivity index (χ0) is 23.9. The number of hydrogen-bond acceptors (Lipinski definition) is 5. The van der Waals surface area contributed by atoms with Gasteiger partial charge in [0.25, 0.3) is 0 Å². The van der Waals surface area contributed by atoms with E-state index in [4.69, 9.17) is 0 Å². The highest BCUT2D eigenvalue weighted by molar-refractivity contribution is 5.79. The number of fused-ring (bicyclic) bond motifs is 2. The van der Waals surface area contributed by atoms with Crippen LogP contribution in [-0.4, -0.2) is 57.9 Å². The van der Waals surface area contributed by atoms with Crippen LogP contribution >= 0.6 is 0 Å². The van der Waals surface area contributed by atoms with Gasteiger partial charge in [0, 0.05) is 50.0 Å². The molecule has 8 nitrogen and oxygen atoms in total. The van der Waals surface area contributed by atoms with Crippen molar-refractivity contribution in [3.63, 3.8) is 0 Å². The molecule has 6 unspecified atom stereocenters. The molecule has 3 N–H and O–H groups in total. The van der Waals surface area contributed by atoms with E-state index in [2.05, 4.69) is 45.4 Å². The average molecular weight is 475 g/mol. The highest BCUT2D eigenvalue weighted by Gasteiger charge is 2.49. The van der Waals surface area contributed by atoms with Crippen LogP contribution in [0.4, 0.5) is 4.79 Å². The minimum atomic E-state index is 0.0241. The minimum Gasteiger partial charge on any atom is -0.336 e. The Labute approximate surface area is 206 Å². The van der Waals surface area contributed by atoms with E-state index in [-0.39, 0.29) is 30.1 Å². The van der Waals surface area contributed by atoms with Crippen molar-refractivity contribution < 1.29 is 9.59 Å². The maximum atomic E-state index is 13.2. The number of carbonyl (C=O) groups is 2. The summed E-state index contributed by atoms with van der Waals surface area (Å²) in [6.45, 7) is 4.00. The molecule has 2 aromatic rings. The molecule has 6 rings (SSSR count). The number of hydrazine groups is 1. The topological polar surface area (TPSA) is 89.6 Å². The molecule has 4 fully saturated rings. The minimum absolute atomic E-state index is 0.0241. The molecule has 8 heteroatoms. The van der Waals surface area contributed by atoms with Crippen LogP contribution in [0.15, 0.2) is 48.7 Å². The first kappa shape index (κ1) is 22.5. The van der Waals surface area contributed by atoms with Crippen LogP contribution in [0.2, 0.25) is 0 Å². The van der Waals surface area contributed by atoms with Crippen molar-refractivity contribution >= 4 is 11.9 Å². The van der Waals surface area contributed by atoms with E-state index in [0.717, 1.165) is 37.1 Å².